The van der Waals surface area contributed by atoms with E-state index in [4.69, 9.17) is 20.3 Å². The molecule has 208 valence electrons. The van der Waals surface area contributed by atoms with Crippen molar-refractivity contribution < 1.29 is 19.1 Å². The van der Waals surface area contributed by atoms with Crippen LogP contribution in [0, 0.1) is 5.41 Å². The molecule has 11 heteroatoms. The van der Waals surface area contributed by atoms with E-state index in [1.54, 1.807) is 16.9 Å². The first kappa shape index (κ1) is 26.9. The minimum Gasteiger partial charge on any atom is -0.458 e. The SMILES string of the molecule is CC(C)(C)OC(=O)[C@@H]1CC[C@@](CN)(Cn2nc(Nc3ccc4c(c3)NC(=O)C4(C)C)c3c(=O)[nH]ccc32)CO1. The lowest BCUT2D eigenvalue weighted by Crippen LogP contribution is -2.47. The Morgan fingerprint density at radius 1 is 1.28 bits per heavy atom. The summed E-state index contributed by atoms with van der Waals surface area (Å²) in [5, 5.41) is 11.4. The summed E-state index contributed by atoms with van der Waals surface area (Å²) < 4.78 is 13.2. The molecule has 2 atom stereocenters. The maximum absolute atomic E-state index is 12.9. The van der Waals surface area contributed by atoms with E-state index in [1.165, 1.54) is 0 Å². The van der Waals surface area contributed by atoms with Crippen LogP contribution in [0.1, 0.15) is 53.0 Å². The number of fused-ring (bicyclic) bond motifs is 2. The predicted octanol–water partition coefficient (Wildman–Crippen LogP) is 3.16. The zero-order valence-corrected chi connectivity index (χ0v) is 23.0. The molecule has 0 bridgehead atoms. The number of hydrogen-bond donors (Lipinski definition) is 4. The number of anilines is 3. The third-order valence-electron chi connectivity index (χ3n) is 7.56. The maximum atomic E-state index is 12.9. The Morgan fingerprint density at radius 3 is 2.72 bits per heavy atom. The maximum Gasteiger partial charge on any atom is 0.335 e. The van der Waals surface area contributed by atoms with Gasteiger partial charge in [0.05, 0.1) is 24.1 Å². The fourth-order valence-electron chi connectivity index (χ4n) is 5.24. The first-order valence-electron chi connectivity index (χ1n) is 13.2. The highest BCUT2D eigenvalue weighted by atomic mass is 16.6. The van der Waals surface area contributed by atoms with Crippen molar-refractivity contribution in [1.82, 2.24) is 14.8 Å². The molecule has 0 aliphatic carbocycles. The number of nitrogens with zero attached hydrogens (tertiary/aromatic N) is 2. The fourth-order valence-corrected chi connectivity index (χ4v) is 5.24. The minimum atomic E-state index is -0.636. The molecule has 0 spiro atoms. The average molecular weight is 537 g/mol. The van der Waals surface area contributed by atoms with Gasteiger partial charge in [-0.15, -0.1) is 0 Å². The van der Waals surface area contributed by atoms with Gasteiger partial charge in [0, 0.05) is 29.5 Å². The Bertz CT molecular complexity index is 1490. The Balaban J connectivity index is 1.40. The van der Waals surface area contributed by atoms with Crippen LogP contribution in [-0.2, 0) is 31.0 Å². The van der Waals surface area contributed by atoms with Gasteiger partial charge >= 0.3 is 5.97 Å². The zero-order valence-electron chi connectivity index (χ0n) is 23.0. The monoisotopic (exact) mass is 536 g/mol. The van der Waals surface area contributed by atoms with Gasteiger partial charge in [0.15, 0.2) is 11.9 Å². The molecule has 2 aliphatic heterocycles. The summed E-state index contributed by atoms with van der Waals surface area (Å²) in [7, 11) is 0. The number of esters is 1. The molecular weight excluding hydrogens is 500 g/mol. The minimum absolute atomic E-state index is 0.0588. The van der Waals surface area contributed by atoms with Gasteiger partial charge in [-0.3, -0.25) is 14.3 Å². The molecule has 5 N–H and O–H groups in total. The Labute approximate surface area is 226 Å². The van der Waals surface area contributed by atoms with Crippen molar-refractivity contribution in [2.75, 3.05) is 23.8 Å². The van der Waals surface area contributed by atoms with Gasteiger partial charge in [0.2, 0.25) is 5.91 Å². The number of hydrogen-bond acceptors (Lipinski definition) is 8. The van der Waals surface area contributed by atoms with Crippen LogP contribution in [0.3, 0.4) is 0 Å². The van der Waals surface area contributed by atoms with Crippen molar-refractivity contribution in [3.63, 3.8) is 0 Å². The second-order valence-corrected chi connectivity index (χ2v) is 12.1. The lowest BCUT2D eigenvalue weighted by Gasteiger charge is -2.39. The fraction of sp³-hybridized carbons (Fsp3) is 0.500. The molecule has 4 heterocycles. The standard InChI is InChI=1S/C28H36N6O5/c1-26(2,3)39-24(36)20-8-10-28(13-29,15-38-20)14-34-19-9-11-30-23(35)21(19)22(33-34)31-16-6-7-17-18(12-16)32-25(37)27(17,4)5/h6-7,9,11-12,20H,8,10,13-15,29H2,1-5H3,(H,30,35)(H,31,33)(H,32,37)/t20-,28+/m0/s1. The van der Waals surface area contributed by atoms with Gasteiger partial charge in [0.25, 0.3) is 5.56 Å². The second-order valence-electron chi connectivity index (χ2n) is 12.1. The Hall–Kier alpha value is -3.70. The molecule has 1 amide bonds. The number of amides is 1. The third kappa shape index (κ3) is 5.04. The second kappa shape index (κ2) is 9.49. The van der Waals surface area contributed by atoms with Gasteiger partial charge in [-0.25, -0.2) is 4.79 Å². The highest BCUT2D eigenvalue weighted by molar-refractivity contribution is 6.06. The van der Waals surface area contributed by atoms with E-state index in [1.807, 2.05) is 52.8 Å². The van der Waals surface area contributed by atoms with Crippen LogP contribution < -0.4 is 21.9 Å². The van der Waals surface area contributed by atoms with E-state index in [-0.39, 0.29) is 24.0 Å². The molecule has 1 aromatic carbocycles. The number of benzene rings is 1. The third-order valence-corrected chi connectivity index (χ3v) is 7.56. The van der Waals surface area contributed by atoms with Gasteiger partial charge in [-0.1, -0.05) is 6.07 Å². The molecular formula is C28H36N6O5. The number of rotatable bonds is 6. The van der Waals surface area contributed by atoms with Gasteiger partial charge < -0.3 is 30.8 Å². The molecule has 5 rings (SSSR count). The van der Waals surface area contributed by atoms with E-state index in [2.05, 4.69) is 15.6 Å². The van der Waals surface area contributed by atoms with Crippen molar-refractivity contribution in [3.8, 4) is 0 Å². The Morgan fingerprint density at radius 2 is 2.05 bits per heavy atom. The number of carbonyl (C=O) groups excluding carboxylic acids is 2. The van der Waals surface area contributed by atoms with E-state index in [0.717, 1.165) is 11.3 Å². The lowest BCUT2D eigenvalue weighted by atomic mass is 9.81. The topological polar surface area (TPSA) is 153 Å². The summed E-state index contributed by atoms with van der Waals surface area (Å²) >= 11 is 0. The molecule has 2 aliphatic rings. The quantitative estimate of drug-likeness (QED) is 0.351. The van der Waals surface area contributed by atoms with E-state index >= 15 is 0 Å². The van der Waals surface area contributed by atoms with E-state index in [0.29, 0.717) is 48.3 Å². The van der Waals surface area contributed by atoms with Crippen LogP contribution in [0.2, 0.25) is 0 Å². The molecule has 39 heavy (non-hydrogen) atoms. The molecule has 1 fully saturated rings. The molecule has 0 saturated carbocycles. The number of nitrogens with two attached hydrogens (primary N) is 1. The molecule has 3 aromatic rings. The van der Waals surface area contributed by atoms with Crippen molar-refractivity contribution >= 4 is 40.0 Å². The summed E-state index contributed by atoms with van der Waals surface area (Å²) in [6.45, 7) is 10.2. The summed E-state index contributed by atoms with van der Waals surface area (Å²) in [6, 6.07) is 7.42. The first-order chi connectivity index (χ1) is 18.3. The van der Waals surface area contributed by atoms with Crippen LogP contribution >= 0.6 is 0 Å². The predicted molar refractivity (Wildman–Crippen MR) is 148 cm³/mol. The number of ether oxygens (including phenoxy) is 2. The number of aromatic nitrogens is 3. The van der Waals surface area contributed by atoms with E-state index < -0.39 is 22.5 Å². The number of aromatic amines is 1. The number of H-pyrrole nitrogens is 1. The zero-order chi connectivity index (χ0) is 28.2. The molecule has 0 unspecified atom stereocenters. The van der Waals surface area contributed by atoms with E-state index in [9.17, 15) is 14.4 Å². The van der Waals surface area contributed by atoms with Crippen LogP contribution in [0.5, 0.6) is 0 Å². The van der Waals surface area contributed by atoms with Crippen molar-refractivity contribution in [2.24, 2.45) is 11.1 Å². The molecule has 1 saturated heterocycles. The van der Waals surface area contributed by atoms with Gasteiger partial charge in [0.1, 0.15) is 11.0 Å². The smallest absolute Gasteiger partial charge is 0.335 e. The van der Waals surface area contributed by atoms with Crippen LogP contribution in [0.15, 0.2) is 35.3 Å². The summed E-state index contributed by atoms with van der Waals surface area (Å²) in [6.07, 6.45) is 2.07. The largest absolute Gasteiger partial charge is 0.458 e. The van der Waals surface area contributed by atoms with Crippen molar-refractivity contribution in [2.45, 2.75) is 71.1 Å². The summed E-state index contributed by atoms with van der Waals surface area (Å²) in [5.74, 6) is -0.0352. The molecule has 0 radical (unpaired) electrons. The molecule has 11 nitrogen and oxygen atoms in total. The van der Waals surface area contributed by atoms with Gasteiger partial charge in [-0.05, 0) is 71.2 Å². The van der Waals surface area contributed by atoms with Crippen LogP contribution in [0.25, 0.3) is 10.9 Å². The highest BCUT2D eigenvalue weighted by Crippen LogP contribution is 2.39. The Kier molecular flexibility index (Phi) is 6.54. The summed E-state index contributed by atoms with van der Waals surface area (Å²) in [5.41, 5.74) is 7.29. The first-order valence-corrected chi connectivity index (χ1v) is 13.2. The van der Waals surface area contributed by atoms with Crippen LogP contribution in [0.4, 0.5) is 17.2 Å². The highest BCUT2D eigenvalue weighted by Gasteiger charge is 2.40. The van der Waals surface area contributed by atoms with Gasteiger partial charge in [-0.2, -0.15) is 5.10 Å². The van der Waals surface area contributed by atoms with Crippen LogP contribution in [-0.4, -0.2) is 51.5 Å². The average Bonchev–Trinajstić information content (AvgIpc) is 3.31. The number of pyridine rings is 1. The normalized spacial score (nSPS) is 22.4. The number of carbonyl (C=O) groups is 2. The summed E-state index contributed by atoms with van der Waals surface area (Å²) in [4.78, 5) is 40.5. The van der Waals surface area contributed by atoms with Crippen molar-refractivity contribution in [3.05, 3.63) is 46.4 Å². The van der Waals surface area contributed by atoms with Crippen molar-refractivity contribution in [1.29, 1.82) is 0 Å². The lowest BCUT2D eigenvalue weighted by molar-refractivity contribution is -0.177. The number of nitrogens with one attached hydrogen (secondary N) is 3. The molecule has 2 aromatic heterocycles.